The predicted octanol–water partition coefficient (Wildman–Crippen LogP) is 5.55. The first-order valence-electron chi connectivity index (χ1n) is 11.1. The zero-order valence-electron chi connectivity index (χ0n) is 18.4. The van der Waals surface area contributed by atoms with Gasteiger partial charge in [0.05, 0.1) is 5.69 Å². The number of hydrogen-bond acceptors (Lipinski definition) is 5. The van der Waals surface area contributed by atoms with Crippen molar-refractivity contribution in [1.82, 2.24) is 9.38 Å². The van der Waals surface area contributed by atoms with Crippen molar-refractivity contribution in [3.05, 3.63) is 59.9 Å². The first kappa shape index (κ1) is 25.0. The number of hydrogen-bond donors (Lipinski definition) is 2. The second-order valence-electron chi connectivity index (χ2n) is 8.40. The summed E-state index contributed by atoms with van der Waals surface area (Å²) in [5.41, 5.74) is 0.289. The highest BCUT2D eigenvalue weighted by Crippen LogP contribution is 2.28. The molecule has 0 unspecified atom stereocenters. The number of pyridine rings is 1. The molecule has 2 heterocycles. The van der Waals surface area contributed by atoms with E-state index in [1.54, 1.807) is 34.7 Å². The van der Waals surface area contributed by atoms with Crippen LogP contribution in [0.15, 0.2) is 48.7 Å². The molecule has 0 saturated heterocycles. The summed E-state index contributed by atoms with van der Waals surface area (Å²) in [5, 5.41) is 5.63. The van der Waals surface area contributed by atoms with E-state index in [0.717, 1.165) is 0 Å². The molecular formula is C23H23F5N5OS+. The highest BCUT2D eigenvalue weighted by molar-refractivity contribution is 7.44. The van der Waals surface area contributed by atoms with Gasteiger partial charge in [0.1, 0.15) is 29.3 Å². The van der Waals surface area contributed by atoms with Crippen molar-refractivity contribution in [2.75, 3.05) is 17.2 Å². The maximum Gasteiger partial charge on any atom is 0.435 e. The highest BCUT2D eigenvalue weighted by atomic mass is 32.1. The fraction of sp³-hybridized carbons (Fsp3) is 0.391. The number of rotatable bonds is 7. The third kappa shape index (κ3) is 5.92. The van der Waals surface area contributed by atoms with E-state index < -0.39 is 25.1 Å². The van der Waals surface area contributed by atoms with Crippen LogP contribution in [0, 0.1) is 0 Å². The fourth-order valence-corrected chi connectivity index (χ4v) is 4.53. The van der Waals surface area contributed by atoms with Crippen LogP contribution in [-0.4, -0.2) is 44.0 Å². The third-order valence-electron chi connectivity index (χ3n) is 5.95. The number of carbonyl (C=O) groups excluding carboxylic acids is 1. The number of aromatic nitrogens is 2. The number of benzene rings is 1. The molecule has 1 fully saturated rings. The standard InChI is InChI=1S/C23H22F5N5OS/c24-21(25)18-12-32-19(6-3-7-20(32)31-18)30-14-8-10-15(11-9-14)33(35)22(34)16-4-1-2-5-17(16)29-13-23(26,27)28/h1-7,12,14-15,21H,8-11,13H2,(H-,29,30,31,34)/p+1. The molecule has 1 aliphatic rings. The van der Waals surface area contributed by atoms with Crippen molar-refractivity contribution in [3.63, 3.8) is 0 Å². The summed E-state index contributed by atoms with van der Waals surface area (Å²) in [6, 6.07) is 10.9. The van der Waals surface area contributed by atoms with Crippen molar-refractivity contribution < 1.29 is 30.7 Å². The molecule has 1 saturated carbocycles. The predicted molar refractivity (Wildman–Crippen MR) is 123 cm³/mol. The second kappa shape index (κ2) is 10.2. The number of imidazole rings is 1. The summed E-state index contributed by atoms with van der Waals surface area (Å²) in [4.78, 5) is 16.9. The summed E-state index contributed by atoms with van der Waals surface area (Å²) in [6.07, 6.45) is -3.25. The third-order valence-corrected chi connectivity index (χ3v) is 6.42. The lowest BCUT2D eigenvalue weighted by Gasteiger charge is -2.27. The zero-order valence-corrected chi connectivity index (χ0v) is 19.3. The molecule has 3 aromatic rings. The summed E-state index contributed by atoms with van der Waals surface area (Å²) < 4.78 is 66.7. The maximum atomic E-state index is 13.0. The number of carbonyl (C=O) groups is 1. The van der Waals surface area contributed by atoms with Gasteiger partial charge in [0.2, 0.25) is 0 Å². The topological polar surface area (TPSA) is 61.4 Å². The molecule has 4 rings (SSSR count). The Morgan fingerprint density at radius 2 is 1.83 bits per heavy atom. The lowest BCUT2D eigenvalue weighted by molar-refractivity contribution is -0.448. The normalized spacial score (nSPS) is 18.6. The van der Waals surface area contributed by atoms with E-state index in [2.05, 4.69) is 15.6 Å². The second-order valence-corrected chi connectivity index (χ2v) is 8.79. The van der Waals surface area contributed by atoms with Crippen molar-refractivity contribution in [2.24, 2.45) is 0 Å². The van der Waals surface area contributed by atoms with Crippen LogP contribution in [-0.2, 0) is 12.4 Å². The van der Waals surface area contributed by atoms with Gasteiger partial charge in [-0.15, -0.1) is 0 Å². The van der Waals surface area contributed by atoms with E-state index in [4.69, 9.17) is 12.4 Å². The van der Waals surface area contributed by atoms with Gasteiger partial charge in [-0.3, -0.25) is 4.40 Å². The van der Waals surface area contributed by atoms with E-state index in [-0.39, 0.29) is 29.0 Å². The van der Waals surface area contributed by atoms with Gasteiger partial charge in [0.25, 0.3) is 18.9 Å². The number of nitrogens with one attached hydrogen (secondary N) is 2. The summed E-state index contributed by atoms with van der Waals surface area (Å²) in [5.74, 6) is 0.116. The van der Waals surface area contributed by atoms with Gasteiger partial charge < -0.3 is 10.6 Å². The number of fused-ring (bicyclic) bond motifs is 1. The van der Waals surface area contributed by atoms with Crippen LogP contribution in [0.5, 0.6) is 0 Å². The number of halogens is 5. The smallest absolute Gasteiger partial charge is 0.376 e. The first-order valence-corrected chi connectivity index (χ1v) is 11.4. The van der Waals surface area contributed by atoms with Crippen LogP contribution in [0.4, 0.5) is 33.5 Å². The van der Waals surface area contributed by atoms with Crippen molar-refractivity contribution in [3.8, 4) is 0 Å². The molecule has 2 N–H and O–H groups in total. The molecule has 2 aromatic heterocycles. The molecule has 1 aromatic carbocycles. The number of alkyl halides is 5. The van der Waals surface area contributed by atoms with E-state index in [0.29, 0.717) is 37.1 Å². The van der Waals surface area contributed by atoms with Gasteiger partial charge in [0, 0.05) is 25.1 Å². The van der Waals surface area contributed by atoms with Gasteiger partial charge in [-0.25, -0.2) is 18.6 Å². The van der Waals surface area contributed by atoms with Gasteiger partial charge in [0.15, 0.2) is 6.04 Å². The Balaban J connectivity index is 1.38. The minimum absolute atomic E-state index is 0.0356. The fourth-order valence-electron chi connectivity index (χ4n) is 4.22. The van der Waals surface area contributed by atoms with Gasteiger partial charge in [-0.05, 0) is 37.1 Å². The Kier molecular flexibility index (Phi) is 7.29. The average Bonchev–Trinajstić information content (AvgIpc) is 3.28. The van der Waals surface area contributed by atoms with E-state index in [1.807, 2.05) is 0 Å². The lowest BCUT2D eigenvalue weighted by Crippen LogP contribution is -2.37. The SMILES string of the molecule is O=C(c1ccccc1NCC(F)(F)F)[N+](=S)C1CCC(Nc2cccc3nc(C(F)F)cn23)CC1. The molecule has 35 heavy (non-hydrogen) atoms. The van der Waals surface area contributed by atoms with E-state index in [1.165, 1.54) is 22.3 Å². The molecule has 1 amide bonds. The summed E-state index contributed by atoms with van der Waals surface area (Å²) in [6.45, 7) is -1.26. The first-order chi connectivity index (χ1) is 16.6. The molecule has 0 bridgehead atoms. The Morgan fingerprint density at radius 1 is 1.11 bits per heavy atom. The minimum atomic E-state index is -4.42. The average molecular weight is 513 g/mol. The van der Waals surface area contributed by atoms with E-state index in [9.17, 15) is 26.7 Å². The van der Waals surface area contributed by atoms with Crippen molar-refractivity contribution in [2.45, 2.75) is 50.4 Å². The molecular weight excluding hydrogens is 489 g/mol. The van der Waals surface area contributed by atoms with E-state index >= 15 is 0 Å². The molecule has 186 valence electrons. The summed E-state index contributed by atoms with van der Waals surface area (Å²) >= 11 is 5.37. The Labute approximate surface area is 203 Å². The molecule has 0 radical (unpaired) electrons. The van der Waals surface area contributed by atoms with Crippen LogP contribution < -0.4 is 10.6 Å². The number of amides is 1. The molecule has 0 aliphatic heterocycles. The number of nitrogens with zero attached hydrogens (tertiary/aromatic N) is 3. The Bertz CT molecular complexity index is 1220. The van der Waals surface area contributed by atoms with Gasteiger partial charge >= 0.3 is 12.1 Å². The van der Waals surface area contributed by atoms with Crippen LogP contribution in [0.25, 0.3) is 5.65 Å². The highest BCUT2D eigenvalue weighted by Gasteiger charge is 2.36. The molecule has 1 aliphatic carbocycles. The van der Waals surface area contributed by atoms with Crippen molar-refractivity contribution >= 4 is 35.5 Å². The molecule has 0 atom stereocenters. The van der Waals surface area contributed by atoms with Gasteiger partial charge in [-0.1, -0.05) is 22.1 Å². The quantitative estimate of drug-likeness (QED) is 0.321. The van der Waals surface area contributed by atoms with Crippen LogP contribution in [0.3, 0.4) is 0 Å². The maximum absolute atomic E-state index is 13.0. The summed E-state index contributed by atoms with van der Waals surface area (Å²) in [7, 11) is 0. The number of para-hydroxylation sites is 1. The number of anilines is 2. The molecule has 12 heteroatoms. The Hall–Kier alpha value is -3.15. The van der Waals surface area contributed by atoms with Crippen LogP contribution in [0.1, 0.15) is 48.2 Å². The minimum Gasteiger partial charge on any atom is -0.376 e. The Morgan fingerprint density at radius 3 is 2.51 bits per heavy atom. The largest absolute Gasteiger partial charge is 0.435 e. The van der Waals surface area contributed by atoms with Gasteiger partial charge in [-0.2, -0.15) is 13.2 Å². The zero-order chi connectivity index (χ0) is 25.2. The lowest BCUT2D eigenvalue weighted by atomic mass is 9.91. The van der Waals surface area contributed by atoms with Crippen LogP contribution >= 0.6 is 0 Å². The molecule has 6 nitrogen and oxygen atoms in total. The van der Waals surface area contributed by atoms with Crippen molar-refractivity contribution in [1.29, 1.82) is 0 Å². The monoisotopic (exact) mass is 512 g/mol. The molecule has 0 spiro atoms. The van der Waals surface area contributed by atoms with Crippen LogP contribution in [0.2, 0.25) is 0 Å².